The summed E-state index contributed by atoms with van der Waals surface area (Å²) in [6.45, 7) is 7.17. The van der Waals surface area contributed by atoms with Crippen LogP contribution in [-0.2, 0) is 10.0 Å². The van der Waals surface area contributed by atoms with E-state index in [1.807, 2.05) is 13.8 Å². The second-order valence-electron chi connectivity index (χ2n) is 3.91. The number of nitrogens with one attached hydrogen (secondary N) is 1. The molecule has 16 heavy (non-hydrogen) atoms. The molecule has 0 aliphatic carbocycles. The SMILES string of the molecule is C#CCN(CC)S(=O)(=O)CCCNC(C)C. The van der Waals surface area contributed by atoms with E-state index < -0.39 is 10.0 Å². The van der Waals surface area contributed by atoms with Crippen LogP contribution in [-0.4, -0.2) is 44.2 Å². The summed E-state index contributed by atoms with van der Waals surface area (Å²) in [4.78, 5) is 0. The summed E-state index contributed by atoms with van der Waals surface area (Å²) in [7, 11) is -3.18. The summed E-state index contributed by atoms with van der Waals surface area (Å²) in [5, 5.41) is 3.18. The predicted molar refractivity (Wildman–Crippen MR) is 67.6 cm³/mol. The fraction of sp³-hybridized carbons (Fsp3) is 0.818. The van der Waals surface area contributed by atoms with E-state index in [0.717, 1.165) is 0 Å². The molecule has 0 bridgehead atoms. The van der Waals surface area contributed by atoms with Gasteiger partial charge in [-0.1, -0.05) is 26.7 Å². The van der Waals surface area contributed by atoms with Crippen molar-refractivity contribution < 1.29 is 8.42 Å². The summed E-state index contributed by atoms with van der Waals surface area (Å²) in [5.41, 5.74) is 0. The van der Waals surface area contributed by atoms with Crippen molar-refractivity contribution in [1.82, 2.24) is 9.62 Å². The van der Waals surface area contributed by atoms with Crippen molar-refractivity contribution in [3.63, 3.8) is 0 Å². The molecular weight excluding hydrogens is 224 g/mol. The van der Waals surface area contributed by atoms with E-state index in [2.05, 4.69) is 11.2 Å². The molecule has 0 rings (SSSR count). The maximum Gasteiger partial charge on any atom is 0.215 e. The highest BCUT2D eigenvalue weighted by Gasteiger charge is 2.18. The van der Waals surface area contributed by atoms with Crippen LogP contribution in [0.5, 0.6) is 0 Å². The minimum Gasteiger partial charge on any atom is -0.314 e. The Hall–Kier alpha value is -0.570. The van der Waals surface area contributed by atoms with Gasteiger partial charge in [-0.05, 0) is 13.0 Å². The lowest BCUT2D eigenvalue weighted by Crippen LogP contribution is -2.34. The number of hydrogen-bond acceptors (Lipinski definition) is 3. The maximum absolute atomic E-state index is 11.8. The van der Waals surface area contributed by atoms with Gasteiger partial charge in [-0.3, -0.25) is 0 Å². The summed E-state index contributed by atoms with van der Waals surface area (Å²) < 4.78 is 24.9. The average Bonchev–Trinajstić information content (AvgIpc) is 2.20. The number of rotatable bonds is 8. The van der Waals surface area contributed by atoms with Crippen LogP contribution < -0.4 is 5.32 Å². The smallest absolute Gasteiger partial charge is 0.215 e. The molecule has 0 atom stereocenters. The van der Waals surface area contributed by atoms with Crippen LogP contribution in [0.4, 0.5) is 0 Å². The number of sulfonamides is 1. The first kappa shape index (κ1) is 15.4. The van der Waals surface area contributed by atoms with E-state index in [9.17, 15) is 8.42 Å². The predicted octanol–water partition coefficient (Wildman–Crippen LogP) is 0.659. The van der Waals surface area contributed by atoms with Crippen molar-refractivity contribution in [3.05, 3.63) is 0 Å². The van der Waals surface area contributed by atoms with Crippen LogP contribution in [0.2, 0.25) is 0 Å². The van der Waals surface area contributed by atoms with Crippen LogP contribution in [0.15, 0.2) is 0 Å². The van der Waals surface area contributed by atoms with Gasteiger partial charge in [0.1, 0.15) is 0 Å². The van der Waals surface area contributed by atoms with Crippen LogP contribution in [0.3, 0.4) is 0 Å². The van der Waals surface area contributed by atoms with Gasteiger partial charge in [0.05, 0.1) is 12.3 Å². The molecule has 0 unspecified atom stereocenters. The van der Waals surface area contributed by atoms with Crippen LogP contribution >= 0.6 is 0 Å². The Morgan fingerprint density at radius 2 is 2.06 bits per heavy atom. The first-order chi connectivity index (χ1) is 7.44. The lowest BCUT2D eigenvalue weighted by atomic mass is 10.4. The molecule has 0 aromatic carbocycles. The highest BCUT2D eigenvalue weighted by atomic mass is 32.2. The molecule has 4 nitrogen and oxygen atoms in total. The Morgan fingerprint density at radius 1 is 1.44 bits per heavy atom. The molecule has 1 N–H and O–H groups in total. The summed E-state index contributed by atoms with van der Waals surface area (Å²) in [6.07, 6.45) is 5.74. The fourth-order valence-corrected chi connectivity index (χ4v) is 2.72. The zero-order chi connectivity index (χ0) is 12.6. The normalized spacial score (nSPS) is 12.0. The number of nitrogens with zero attached hydrogens (tertiary/aromatic N) is 1. The zero-order valence-corrected chi connectivity index (χ0v) is 11.2. The fourth-order valence-electron chi connectivity index (χ4n) is 1.28. The Morgan fingerprint density at radius 3 is 2.50 bits per heavy atom. The highest BCUT2D eigenvalue weighted by Crippen LogP contribution is 2.02. The molecule has 0 spiro atoms. The largest absolute Gasteiger partial charge is 0.314 e. The van der Waals surface area contributed by atoms with Crippen LogP contribution in [0, 0.1) is 12.3 Å². The lowest BCUT2D eigenvalue weighted by Gasteiger charge is -2.17. The molecule has 0 aliphatic heterocycles. The summed E-state index contributed by atoms with van der Waals surface area (Å²) >= 11 is 0. The standard InChI is InChI=1S/C11H22N2O2S/c1-5-9-13(6-2)16(14,15)10-7-8-12-11(3)4/h1,11-12H,6-10H2,2-4H3. The van der Waals surface area contributed by atoms with Crippen molar-refractivity contribution in [2.24, 2.45) is 0 Å². The van der Waals surface area contributed by atoms with E-state index in [-0.39, 0.29) is 12.3 Å². The van der Waals surface area contributed by atoms with Gasteiger partial charge in [-0.2, -0.15) is 4.31 Å². The number of hydrogen-bond donors (Lipinski definition) is 1. The van der Waals surface area contributed by atoms with Crippen LogP contribution in [0.25, 0.3) is 0 Å². The van der Waals surface area contributed by atoms with Crippen molar-refractivity contribution in [1.29, 1.82) is 0 Å². The minimum atomic E-state index is -3.18. The molecular formula is C11H22N2O2S. The maximum atomic E-state index is 11.8. The van der Waals surface area contributed by atoms with Gasteiger partial charge >= 0.3 is 0 Å². The second kappa shape index (κ2) is 7.66. The van der Waals surface area contributed by atoms with Gasteiger partial charge in [0.15, 0.2) is 0 Å². The molecule has 94 valence electrons. The molecule has 0 aromatic heterocycles. The number of terminal acetylenes is 1. The van der Waals surface area contributed by atoms with Crippen molar-refractivity contribution in [2.75, 3.05) is 25.4 Å². The Labute approximate surface area is 99.5 Å². The van der Waals surface area contributed by atoms with E-state index in [1.165, 1.54) is 4.31 Å². The van der Waals surface area contributed by atoms with E-state index in [0.29, 0.717) is 25.6 Å². The molecule has 0 aromatic rings. The molecule has 0 radical (unpaired) electrons. The second-order valence-corrected chi connectivity index (χ2v) is 6.00. The third kappa shape index (κ3) is 6.11. The third-order valence-corrected chi connectivity index (χ3v) is 4.12. The molecule has 0 saturated carbocycles. The van der Waals surface area contributed by atoms with Crippen molar-refractivity contribution in [2.45, 2.75) is 33.2 Å². The molecule has 0 amide bonds. The Balaban J connectivity index is 4.09. The van der Waals surface area contributed by atoms with Crippen LogP contribution in [0.1, 0.15) is 27.2 Å². The monoisotopic (exact) mass is 246 g/mol. The zero-order valence-electron chi connectivity index (χ0n) is 10.4. The molecule has 0 fully saturated rings. The lowest BCUT2D eigenvalue weighted by molar-refractivity contribution is 0.461. The Kier molecular flexibility index (Phi) is 7.39. The van der Waals surface area contributed by atoms with Gasteiger partial charge in [0, 0.05) is 12.6 Å². The third-order valence-electron chi connectivity index (χ3n) is 2.15. The summed E-state index contributed by atoms with van der Waals surface area (Å²) in [5.74, 6) is 2.52. The average molecular weight is 246 g/mol. The van der Waals surface area contributed by atoms with Gasteiger partial charge in [-0.15, -0.1) is 6.42 Å². The summed E-state index contributed by atoms with van der Waals surface area (Å²) in [6, 6.07) is 0.385. The van der Waals surface area contributed by atoms with Crippen molar-refractivity contribution in [3.8, 4) is 12.3 Å². The quantitative estimate of drug-likeness (QED) is 0.505. The van der Waals surface area contributed by atoms with Gasteiger partial charge in [-0.25, -0.2) is 8.42 Å². The molecule has 0 heterocycles. The molecule has 5 heteroatoms. The van der Waals surface area contributed by atoms with Gasteiger partial charge in [0.2, 0.25) is 10.0 Å². The Bertz CT molecular complexity index is 317. The van der Waals surface area contributed by atoms with E-state index in [1.54, 1.807) is 6.92 Å². The van der Waals surface area contributed by atoms with E-state index >= 15 is 0 Å². The highest BCUT2D eigenvalue weighted by molar-refractivity contribution is 7.89. The first-order valence-electron chi connectivity index (χ1n) is 5.58. The van der Waals surface area contributed by atoms with Gasteiger partial charge in [0.25, 0.3) is 0 Å². The minimum absolute atomic E-state index is 0.155. The topological polar surface area (TPSA) is 49.4 Å². The molecule has 0 saturated heterocycles. The van der Waals surface area contributed by atoms with Gasteiger partial charge < -0.3 is 5.32 Å². The molecule has 0 aliphatic rings. The van der Waals surface area contributed by atoms with E-state index in [4.69, 9.17) is 6.42 Å². The first-order valence-corrected chi connectivity index (χ1v) is 7.19. The van der Waals surface area contributed by atoms with Crippen molar-refractivity contribution >= 4 is 10.0 Å².